The minimum Gasteiger partial charge on any atom is -0.491 e. The Morgan fingerprint density at radius 2 is 2.00 bits per heavy atom. The van der Waals surface area contributed by atoms with Crippen LogP contribution in [0.3, 0.4) is 0 Å². The first kappa shape index (κ1) is 22.7. The summed E-state index contributed by atoms with van der Waals surface area (Å²) in [5.41, 5.74) is 4.33. The number of hydrogen-bond donors (Lipinski definition) is 2. The molecule has 29 heavy (non-hydrogen) atoms. The lowest BCUT2D eigenvalue weighted by Gasteiger charge is -2.17. The Morgan fingerprint density at radius 3 is 2.66 bits per heavy atom. The Labute approximate surface area is 173 Å². The topological polar surface area (TPSA) is 80.9 Å². The standard InChI is InChI=1S/C22H34N4O3/c1-7-27-10-11-28-20-12-15(2)8-9-19(20)14-25-22(23-6)24-13-16(3)21-17(4)26-29-18(21)5/h8-9,12,16H,7,10-11,13-14H2,1-6H3,(H2,23,24,25). The van der Waals surface area contributed by atoms with Gasteiger partial charge in [-0.2, -0.15) is 0 Å². The van der Waals surface area contributed by atoms with Crippen LogP contribution in [0.15, 0.2) is 27.7 Å². The molecule has 0 radical (unpaired) electrons. The van der Waals surface area contributed by atoms with E-state index in [4.69, 9.17) is 14.0 Å². The molecule has 1 heterocycles. The van der Waals surface area contributed by atoms with Crippen molar-refractivity contribution in [3.63, 3.8) is 0 Å². The lowest BCUT2D eigenvalue weighted by Crippen LogP contribution is -2.38. The fourth-order valence-electron chi connectivity index (χ4n) is 3.24. The molecule has 0 spiro atoms. The highest BCUT2D eigenvalue weighted by Gasteiger charge is 2.16. The molecular weight excluding hydrogens is 368 g/mol. The molecule has 0 aliphatic heterocycles. The fourth-order valence-corrected chi connectivity index (χ4v) is 3.24. The third kappa shape index (κ3) is 6.78. The number of hydrogen-bond acceptors (Lipinski definition) is 5. The number of aromatic nitrogens is 1. The van der Waals surface area contributed by atoms with Crippen LogP contribution in [0.1, 0.15) is 47.9 Å². The van der Waals surface area contributed by atoms with E-state index in [0.29, 0.717) is 26.4 Å². The summed E-state index contributed by atoms with van der Waals surface area (Å²) in [7, 11) is 1.77. The van der Waals surface area contributed by atoms with Gasteiger partial charge in [-0.25, -0.2) is 0 Å². The minimum absolute atomic E-state index is 0.261. The van der Waals surface area contributed by atoms with Crippen LogP contribution in [0.5, 0.6) is 5.75 Å². The zero-order chi connectivity index (χ0) is 21.2. The van der Waals surface area contributed by atoms with E-state index in [1.807, 2.05) is 20.8 Å². The van der Waals surface area contributed by atoms with Crippen molar-refractivity contribution in [2.24, 2.45) is 4.99 Å². The largest absolute Gasteiger partial charge is 0.491 e. The van der Waals surface area contributed by atoms with Gasteiger partial charge in [-0.05, 0) is 39.3 Å². The van der Waals surface area contributed by atoms with Crippen LogP contribution in [0.4, 0.5) is 0 Å². The van der Waals surface area contributed by atoms with Gasteiger partial charge in [-0.3, -0.25) is 4.99 Å². The molecule has 0 saturated heterocycles. The maximum atomic E-state index is 5.92. The number of nitrogens with one attached hydrogen (secondary N) is 2. The quantitative estimate of drug-likeness (QED) is 0.360. The number of aliphatic imine (C=N–C) groups is 1. The first-order chi connectivity index (χ1) is 14.0. The van der Waals surface area contributed by atoms with E-state index in [1.54, 1.807) is 7.05 Å². The molecule has 2 rings (SSSR count). The maximum Gasteiger partial charge on any atom is 0.191 e. The zero-order valence-electron chi connectivity index (χ0n) is 18.5. The Bertz CT molecular complexity index is 782. The molecule has 1 aromatic heterocycles. The Morgan fingerprint density at radius 1 is 1.21 bits per heavy atom. The highest BCUT2D eigenvalue weighted by molar-refractivity contribution is 5.79. The summed E-state index contributed by atoms with van der Waals surface area (Å²) in [6.45, 7) is 13.3. The summed E-state index contributed by atoms with van der Waals surface area (Å²) in [5.74, 6) is 2.74. The summed E-state index contributed by atoms with van der Waals surface area (Å²) >= 11 is 0. The van der Waals surface area contributed by atoms with Gasteiger partial charge < -0.3 is 24.6 Å². The van der Waals surface area contributed by atoms with Crippen LogP contribution in [0.2, 0.25) is 0 Å². The monoisotopic (exact) mass is 402 g/mol. The van der Waals surface area contributed by atoms with Gasteiger partial charge in [0.2, 0.25) is 0 Å². The number of guanidine groups is 1. The first-order valence-electron chi connectivity index (χ1n) is 10.1. The predicted molar refractivity (Wildman–Crippen MR) is 116 cm³/mol. The SMILES string of the molecule is CCOCCOc1cc(C)ccc1CNC(=NC)NCC(C)c1c(C)noc1C. The second kappa shape index (κ2) is 11.5. The smallest absolute Gasteiger partial charge is 0.191 e. The van der Waals surface area contributed by atoms with E-state index >= 15 is 0 Å². The molecule has 160 valence electrons. The molecule has 0 saturated carbocycles. The molecule has 0 bridgehead atoms. The van der Waals surface area contributed by atoms with Gasteiger partial charge in [-0.15, -0.1) is 0 Å². The third-order valence-corrected chi connectivity index (χ3v) is 4.74. The number of benzene rings is 1. The molecule has 1 aromatic carbocycles. The fraction of sp³-hybridized carbons (Fsp3) is 0.545. The van der Waals surface area contributed by atoms with Gasteiger partial charge in [0.25, 0.3) is 0 Å². The zero-order valence-corrected chi connectivity index (χ0v) is 18.5. The van der Waals surface area contributed by atoms with Crippen LogP contribution in [-0.4, -0.2) is 44.5 Å². The molecule has 0 aliphatic carbocycles. The molecule has 7 nitrogen and oxygen atoms in total. The van der Waals surface area contributed by atoms with Gasteiger partial charge in [0, 0.05) is 43.8 Å². The molecule has 1 atom stereocenters. The Kier molecular flexibility index (Phi) is 8.99. The van der Waals surface area contributed by atoms with Crippen molar-refractivity contribution in [3.05, 3.63) is 46.3 Å². The molecule has 0 fully saturated rings. The molecular formula is C22H34N4O3. The molecule has 2 N–H and O–H groups in total. The molecule has 1 unspecified atom stereocenters. The number of rotatable bonds is 10. The molecule has 0 aliphatic rings. The lowest BCUT2D eigenvalue weighted by molar-refractivity contribution is 0.110. The highest BCUT2D eigenvalue weighted by Crippen LogP contribution is 2.22. The van der Waals surface area contributed by atoms with E-state index in [0.717, 1.165) is 46.4 Å². The summed E-state index contributed by atoms with van der Waals surface area (Å²) in [4.78, 5) is 4.33. The third-order valence-electron chi connectivity index (χ3n) is 4.74. The van der Waals surface area contributed by atoms with Gasteiger partial charge in [0.05, 0.1) is 12.3 Å². The van der Waals surface area contributed by atoms with E-state index in [2.05, 4.69) is 52.8 Å². The van der Waals surface area contributed by atoms with Crippen LogP contribution >= 0.6 is 0 Å². The van der Waals surface area contributed by atoms with Crippen molar-refractivity contribution in [2.45, 2.75) is 47.1 Å². The van der Waals surface area contributed by atoms with Crippen molar-refractivity contribution in [3.8, 4) is 5.75 Å². The summed E-state index contributed by atoms with van der Waals surface area (Å²) in [6, 6.07) is 6.22. The van der Waals surface area contributed by atoms with Gasteiger partial charge in [0.15, 0.2) is 5.96 Å². The van der Waals surface area contributed by atoms with Crippen molar-refractivity contribution in [1.29, 1.82) is 0 Å². The van der Waals surface area contributed by atoms with Crippen molar-refractivity contribution in [1.82, 2.24) is 15.8 Å². The Balaban J connectivity index is 1.92. The van der Waals surface area contributed by atoms with Gasteiger partial charge in [0.1, 0.15) is 18.1 Å². The molecule has 2 aromatic rings. The second-order valence-corrected chi connectivity index (χ2v) is 7.10. The van der Waals surface area contributed by atoms with Crippen LogP contribution in [0, 0.1) is 20.8 Å². The number of aryl methyl sites for hydroxylation is 3. The highest BCUT2D eigenvalue weighted by atomic mass is 16.5. The van der Waals surface area contributed by atoms with Gasteiger partial charge >= 0.3 is 0 Å². The first-order valence-corrected chi connectivity index (χ1v) is 10.1. The van der Waals surface area contributed by atoms with E-state index in [1.165, 1.54) is 0 Å². The number of ether oxygens (including phenoxy) is 2. The predicted octanol–water partition coefficient (Wildman–Crippen LogP) is 3.48. The summed E-state index contributed by atoms with van der Waals surface area (Å²) in [6.07, 6.45) is 0. The lowest BCUT2D eigenvalue weighted by atomic mass is 10.00. The molecule has 0 amide bonds. The van der Waals surface area contributed by atoms with E-state index < -0.39 is 0 Å². The number of nitrogens with zero attached hydrogens (tertiary/aromatic N) is 2. The normalized spacial score (nSPS) is 12.7. The van der Waals surface area contributed by atoms with Crippen LogP contribution in [-0.2, 0) is 11.3 Å². The average molecular weight is 403 g/mol. The average Bonchev–Trinajstić information content (AvgIpc) is 3.04. The van der Waals surface area contributed by atoms with E-state index in [9.17, 15) is 0 Å². The van der Waals surface area contributed by atoms with Gasteiger partial charge in [-0.1, -0.05) is 24.2 Å². The van der Waals surface area contributed by atoms with Crippen LogP contribution < -0.4 is 15.4 Å². The summed E-state index contributed by atoms with van der Waals surface area (Å²) in [5, 5.41) is 10.8. The Hall–Kier alpha value is -2.54. The molecule has 7 heteroatoms. The van der Waals surface area contributed by atoms with Crippen molar-refractivity contribution < 1.29 is 14.0 Å². The second-order valence-electron chi connectivity index (χ2n) is 7.10. The minimum atomic E-state index is 0.261. The summed E-state index contributed by atoms with van der Waals surface area (Å²) < 4.78 is 16.6. The van der Waals surface area contributed by atoms with Crippen LogP contribution in [0.25, 0.3) is 0 Å². The van der Waals surface area contributed by atoms with E-state index in [-0.39, 0.29) is 5.92 Å². The maximum absolute atomic E-state index is 5.92. The van der Waals surface area contributed by atoms with Crippen molar-refractivity contribution in [2.75, 3.05) is 33.4 Å². The van der Waals surface area contributed by atoms with Crippen molar-refractivity contribution >= 4 is 5.96 Å².